The van der Waals surface area contributed by atoms with Crippen LogP contribution in [0.15, 0.2) is 53.7 Å². The summed E-state index contributed by atoms with van der Waals surface area (Å²) < 4.78 is 0. The lowest BCUT2D eigenvalue weighted by Crippen LogP contribution is -2.43. The Hall–Kier alpha value is -3.52. The van der Waals surface area contributed by atoms with E-state index in [1.165, 1.54) is 0 Å². The van der Waals surface area contributed by atoms with Crippen molar-refractivity contribution in [3.05, 3.63) is 70.4 Å². The van der Waals surface area contributed by atoms with Crippen LogP contribution in [0.2, 0.25) is 0 Å². The van der Waals surface area contributed by atoms with Crippen LogP contribution in [0.4, 0.5) is 11.5 Å². The molecule has 1 aromatic carbocycles. The second-order valence-corrected chi connectivity index (χ2v) is 7.84. The monoisotopic (exact) mass is 432 g/mol. The number of aromatic nitrogens is 3. The number of rotatable bonds is 8. The summed E-state index contributed by atoms with van der Waals surface area (Å²) in [5.74, 6) is 0.751. The number of carbonyl (C=O) groups excluding carboxylic acids is 1. The minimum absolute atomic E-state index is 0.0945. The molecule has 8 nitrogen and oxygen atoms in total. The van der Waals surface area contributed by atoms with Gasteiger partial charge < -0.3 is 20.5 Å². The van der Waals surface area contributed by atoms with Crippen molar-refractivity contribution in [2.75, 3.05) is 43.4 Å². The predicted octanol–water partition coefficient (Wildman–Crippen LogP) is 2.49. The van der Waals surface area contributed by atoms with Crippen LogP contribution >= 0.6 is 0 Å². The molecular formula is C24H28N6O2. The molecule has 3 N–H and O–H groups in total. The zero-order valence-electron chi connectivity index (χ0n) is 18.2. The molecule has 0 spiro atoms. The molecular weight excluding hydrogens is 404 g/mol. The van der Waals surface area contributed by atoms with Gasteiger partial charge in [-0.15, -0.1) is 0 Å². The quantitative estimate of drug-likeness (QED) is 0.470. The molecule has 3 heterocycles. The van der Waals surface area contributed by atoms with Gasteiger partial charge in [0.1, 0.15) is 5.82 Å². The average Bonchev–Trinajstić information content (AvgIpc) is 2.85. The molecule has 0 aliphatic carbocycles. The van der Waals surface area contributed by atoms with Crippen LogP contribution in [-0.4, -0.2) is 54.0 Å². The van der Waals surface area contributed by atoms with Crippen molar-refractivity contribution < 1.29 is 4.79 Å². The number of H-pyrrole nitrogens is 1. The summed E-state index contributed by atoms with van der Waals surface area (Å²) in [6.45, 7) is 3.92. The Morgan fingerprint density at radius 3 is 2.69 bits per heavy atom. The number of pyridine rings is 1. The minimum atomic E-state index is -0.140. The molecule has 166 valence electrons. The molecule has 1 aliphatic heterocycles. The van der Waals surface area contributed by atoms with E-state index in [-0.39, 0.29) is 11.3 Å². The van der Waals surface area contributed by atoms with Crippen molar-refractivity contribution in [3.63, 3.8) is 0 Å². The van der Waals surface area contributed by atoms with Gasteiger partial charge >= 0.3 is 0 Å². The van der Waals surface area contributed by atoms with Gasteiger partial charge in [-0.05, 0) is 43.2 Å². The second-order valence-electron chi connectivity index (χ2n) is 7.84. The summed E-state index contributed by atoms with van der Waals surface area (Å²) in [4.78, 5) is 38.6. The highest BCUT2D eigenvalue weighted by molar-refractivity contribution is 5.96. The van der Waals surface area contributed by atoms with Crippen molar-refractivity contribution in [3.8, 4) is 11.3 Å². The number of aryl methyl sites for hydroxylation is 1. The average molecular weight is 433 g/mol. The first-order valence-electron chi connectivity index (χ1n) is 10.9. The first-order chi connectivity index (χ1) is 15.6. The van der Waals surface area contributed by atoms with Gasteiger partial charge in [0.15, 0.2) is 5.78 Å². The Morgan fingerprint density at radius 1 is 1.16 bits per heavy atom. The van der Waals surface area contributed by atoms with Crippen LogP contribution in [0.5, 0.6) is 0 Å². The van der Waals surface area contributed by atoms with E-state index in [1.807, 2.05) is 30.3 Å². The largest absolute Gasteiger partial charge is 0.372 e. The van der Waals surface area contributed by atoms with Crippen LogP contribution in [0.1, 0.15) is 28.8 Å². The first-order valence-corrected chi connectivity index (χ1v) is 10.9. The van der Waals surface area contributed by atoms with Crippen molar-refractivity contribution in [2.45, 2.75) is 19.3 Å². The number of aromatic amines is 1. The van der Waals surface area contributed by atoms with E-state index in [2.05, 4.69) is 30.5 Å². The number of hydrogen-bond donors (Lipinski definition) is 3. The molecule has 1 saturated heterocycles. The minimum Gasteiger partial charge on any atom is -0.372 e. The highest BCUT2D eigenvalue weighted by Gasteiger charge is 2.12. The molecule has 0 atom stereocenters. The highest BCUT2D eigenvalue weighted by atomic mass is 16.1. The number of benzene rings is 1. The van der Waals surface area contributed by atoms with Crippen LogP contribution in [0, 0.1) is 0 Å². The van der Waals surface area contributed by atoms with Gasteiger partial charge in [0.2, 0.25) is 0 Å². The fraction of sp³-hybridized carbons (Fsp3) is 0.333. The molecule has 0 radical (unpaired) electrons. The topological polar surface area (TPSA) is 103 Å². The third-order valence-electron chi connectivity index (χ3n) is 5.69. The Labute approximate surface area is 187 Å². The van der Waals surface area contributed by atoms with Gasteiger partial charge in [0.05, 0.1) is 18.1 Å². The lowest BCUT2D eigenvalue weighted by molar-refractivity contribution is 0.0980. The molecule has 0 bridgehead atoms. The van der Waals surface area contributed by atoms with Crippen LogP contribution < -0.4 is 21.1 Å². The van der Waals surface area contributed by atoms with Crippen LogP contribution in [-0.2, 0) is 6.42 Å². The van der Waals surface area contributed by atoms with E-state index < -0.39 is 0 Å². The fourth-order valence-electron chi connectivity index (χ4n) is 3.85. The lowest BCUT2D eigenvalue weighted by Gasteiger charge is -2.29. The van der Waals surface area contributed by atoms with Gasteiger partial charge in [0.25, 0.3) is 5.56 Å². The van der Waals surface area contributed by atoms with Crippen molar-refractivity contribution in [1.29, 1.82) is 0 Å². The fourth-order valence-corrected chi connectivity index (χ4v) is 3.85. The summed E-state index contributed by atoms with van der Waals surface area (Å²) in [5, 5.41) is 6.30. The van der Waals surface area contributed by atoms with Crippen molar-refractivity contribution in [1.82, 2.24) is 20.3 Å². The zero-order valence-corrected chi connectivity index (χ0v) is 18.2. The number of anilines is 2. The Balaban J connectivity index is 1.36. The number of carbonyl (C=O) groups is 1. The van der Waals surface area contributed by atoms with Gasteiger partial charge in [-0.3, -0.25) is 14.6 Å². The van der Waals surface area contributed by atoms with Gasteiger partial charge in [0, 0.05) is 68.2 Å². The molecule has 4 rings (SSSR count). The zero-order chi connectivity index (χ0) is 22.3. The summed E-state index contributed by atoms with van der Waals surface area (Å²) in [6, 6.07) is 9.68. The third kappa shape index (κ3) is 5.20. The molecule has 1 aliphatic rings. The van der Waals surface area contributed by atoms with E-state index in [0.29, 0.717) is 41.9 Å². The number of piperazine rings is 1. The maximum absolute atomic E-state index is 12.6. The number of Topliss-reactive ketones (excluding diaryl/α,β-unsaturated/α-hetero) is 1. The van der Waals surface area contributed by atoms with E-state index in [1.54, 1.807) is 25.6 Å². The van der Waals surface area contributed by atoms with Crippen LogP contribution in [0.3, 0.4) is 0 Å². The molecule has 0 saturated carbocycles. The van der Waals surface area contributed by atoms with E-state index in [0.717, 1.165) is 37.4 Å². The van der Waals surface area contributed by atoms with E-state index in [4.69, 9.17) is 0 Å². The lowest BCUT2D eigenvalue weighted by atomic mass is 10.0. The molecule has 1 fully saturated rings. The number of nitrogens with zero attached hydrogens (tertiary/aromatic N) is 3. The van der Waals surface area contributed by atoms with Gasteiger partial charge in [-0.2, -0.15) is 0 Å². The number of ketones is 1. The Bertz CT molecular complexity index is 1120. The van der Waals surface area contributed by atoms with Crippen LogP contribution in [0.25, 0.3) is 11.3 Å². The summed E-state index contributed by atoms with van der Waals surface area (Å²) in [6.07, 6.45) is 6.45. The van der Waals surface area contributed by atoms with Gasteiger partial charge in [-0.1, -0.05) is 0 Å². The molecule has 2 aromatic heterocycles. The molecule has 3 aromatic rings. The molecule has 0 amide bonds. The summed E-state index contributed by atoms with van der Waals surface area (Å²) in [5.41, 5.74) is 3.83. The van der Waals surface area contributed by atoms with E-state index >= 15 is 0 Å². The third-order valence-corrected chi connectivity index (χ3v) is 5.69. The maximum Gasteiger partial charge on any atom is 0.251 e. The van der Waals surface area contributed by atoms with Gasteiger partial charge in [-0.25, -0.2) is 4.98 Å². The Kier molecular flexibility index (Phi) is 6.91. The normalized spacial score (nSPS) is 13.7. The predicted molar refractivity (Wildman–Crippen MR) is 126 cm³/mol. The highest BCUT2D eigenvalue weighted by Crippen LogP contribution is 2.19. The van der Waals surface area contributed by atoms with E-state index in [9.17, 15) is 9.59 Å². The number of hydrogen-bond acceptors (Lipinski definition) is 7. The first kappa shape index (κ1) is 21.7. The SMILES string of the molecule is CNc1cncc(-c2c[nH]c(=O)c(CCCC(=O)c3ccc(N4CCNCC4)cc3)c2)n1. The standard InChI is InChI=1S/C24H28N6O2/c1-25-23-16-27-15-21(29-23)19-13-18(24(32)28-14-19)3-2-4-22(31)17-5-7-20(8-6-17)30-11-9-26-10-12-30/h5-8,13-16,26H,2-4,9-12H2,1H3,(H,25,29)(H,28,32). The Morgan fingerprint density at radius 2 is 1.94 bits per heavy atom. The van der Waals surface area contributed by atoms with Crippen molar-refractivity contribution in [2.24, 2.45) is 0 Å². The summed E-state index contributed by atoms with van der Waals surface area (Å²) in [7, 11) is 1.78. The number of nitrogens with one attached hydrogen (secondary N) is 3. The second kappa shape index (κ2) is 10.2. The molecule has 0 unspecified atom stereocenters. The maximum atomic E-state index is 12.6. The molecule has 32 heavy (non-hydrogen) atoms. The smallest absolute Gasteiger partial charge is 0.251 e. The molecule has 8 heteroatoms. The summed E-state index contributed by atoms with van der Waals surface area (Å²) >= 11 is 0. The van der Waals surface area contributed by atoms with Crippen molar-refractivity contribution >= 4 is 17.3 Å².